The Labute approximate surface area is 146 Å². The second-order valence-corrected chi connectivity index (χ2v) is 6.72. The lowest BCUT2D eigenvalue weighted by Gasteiger charge is -2.16. The summed E-state index contributed by atoms with van der Waals surface area (Å²) in [6.07, 6.45) is 10.8. The van der Waals surface area contributed by atoms with Crippen LogP contribution in [0.1, 0.15) is 0 Å². The molecular weight excluding hydrogens is 314 g/mol. The molecule has 0 bridgehead atoms. The first-order valence-corrected chi connectivity index (χ1v) is 8.41. The van der Waals surface area contributed by atoms with Gasteiger partial charge in [0.2, 0.25) is 11.9 Å². The Bertz CT molecular complexity index is 1020. The van der Waals surface area contributed by atoms with Crippen molar-refractivity contribution in [3.63, 3.8) is 0 Å². The van der Waals surface area contributed by atoms with Gasteiger partial charge in [-0.05, 0) is 30.2 Å². The van der Waals surface area contributed by atoms with Crippen molar-refractivity contribution >= 4 is 27.2 Å². The largest absolute Gasteiger partial charge is 0.363 e. The molecule has 118 valence electrons. The number of anilines is 1. The van der Waals surface area contributed by atoms with Gasteiger partial charge in [-0.2, -0.15) is 0 Å². The van der Waals surface area contributed by atoms with Crippen molar-refractivity contribution in [3.8, 4) is 35.3 Å². The van der Waals surface area contributed by atoms with Crippen LogP contribution in [0, 0.1) is 24.7 Å². The minimum Gasteiger partial charge on any atom is -0.363 e. The predicted molar refractivity (Wildman–Crippen MR) is 103 cm³/mol. The number of aromatic nitrogens is 1. The fourth-order valence-corrected chi connectivity index (χ4v) is 3.57. The molecule has 0 N–H and O–H groups in total. The van der Waals surface area contributed by atoms with Crippen LogP contribution < -0.4 is 14.8 Å². The van der Waals surface area contributed by atoms with Crippen LogP contribution in [0.5, 0.6) is 0 Å². The van der Waals surface area contributed by atoms with Crippen molar-refractivity contribution in [3.05, 3.63) is 41.8 Å². The molecule has 0 amide bonds. The van der Waals surface area contributed by atoms with Gasteiger partial charge < -0.3 is 4.90 Å². The van der Waals surface area contributed by atoms with Gasteiger partial charge in [0.25, 0.3) is 0 Å². The lowest BCUT2D eigenvalue weighted by atomic mass is 10.2. The van der Waals surface area contributed by atoms with Crippen molar-refractivity contribution in [2.75, 3.05) is 32.1 Å². The second-order valence-electron chi connectivity index (χ2n) is 5.64. The third kappa shape index (κ3) is 3.11. The van der Waals surface area contributed by atoms with Gasteiger partial charge in [-0.15, -0.1) is 24.2 Å². The molecule has 24 heavy (non-hydrogen) atoms. The highest BCUT2D eigenvalue weighted by molar-refractivity contribution is 7.21. The average molecular weight is 332 g/mol. The molecule has 3 nitrogen and oxygen atoms in total. The summed E-state index contributed by atoms with van der Waals surface area (Å²) in [5, 5.41) is 1.10. The molecule has 0 spiro atoms. The van der Waals surface area contributed by atoms with E-state index in [-0.39, 0.29) is 0 Å². The molecule has 3 rings (SSSR count). The zero-order valence-corrected chi connectivity index (χ0v) is 14.6. The number of benzene rings is 2. The lowest BCUT2D eigenvalue weighted by Crippen LogP contribution is -2.26. The van der Waals surface area contributed by atoms with Crippen molar-refractivity contribution in [1.82, 2.24) is 9.56 Å². The van der Waals surface area contributed by atoms with E-state index in [2.05, 4.69) is 36.1 Å². The van der Waals surface area contributed by atoms with Crippen molar-refractivity contribution in [2.45, 2.75) is 0 Å². The van der Waals surface area contributed by atoms with Gasteiger partial charge in [0.05, 0.1) is 27.3 Å². The lowest BCUT2D eigenvalue weighted by molar-refractivity contribution is 0.756. The van der Waals surface area contributed by atoms with Crippen LogP contribution in [0.15, 0.2) is 36.4 Å². The molecule has 0 aromatic heterocycles. The molecule has 4 heteroatoms. The molecule has 0 saturated heterocycles. The van der Waals surface area contributed by atoms with Crippen LogP contribution in [-0.2, 0) is 0 Å². The molecule has 0 atom stereocenters. The van der Waals surface area contributed by atoms with Gasteiger partial charge in [0, 0.05) is 24.9 Å². The van der Waals surface area contributed by atoms with Gasteiger partial charge in [-0.3, -0.25) is 0 Å². The first-order valence-electron chi connectivity index (χ1n) is 7.59. The Morgan fingerprint density at radius 1 is 1.17 bits per heavy atom. The van der Waals surface area contributed by atoms with Crippen LogP contribution in [0.3, 0.4) is 0 Å². The van der Waals surface area contributed by atoms with Crippen LogP contribution in [0.4, 0.5) is 5.69 Å². The van der Waals surface area contributed by atoms with E-state index >= 15 is 0 Å². The molecular formula is C20H18N3S+. The number of terminal acetylenes is 2. The smallest absolute Gasteiger partial charge is 0.203 e. The maximum absolute atomic E-state index is 5.40. The Morgan fingerprint density at radius 2 is 2.00 bits per heavy atom. The summed E-state index contributed by atoms with van der Waals surface area (Å²) in [7, 11) is 3.99. The standard InChI is InChI=1S/C20H18N3S/c1-5-11-22(3)15-7-9-17-19(13-15)24-20-14-16(23(4)12-6-2)8-10-18(20)21-17/h1-2,7-10,13-14H,11-12H2,3-4H3/q+1. The monoisotopic (exact) mass is 332 g/mol. The van der Waals surface area contributed by atoms with Crippen LogP contribution in [-0.4, -0.2) is 32.2 Å². The second kappa shape index (κ2) is 6.74. The zero-order chi connectivity index (χ0) is 17.1. The van der Waals surface area contributed by atoms with Crippen molar-refractivity contribution < 1.29 is 0 Å². The first-order chi connectivity index (χ1) is 11.6. The molecule has 0 radical (unpaired) electrons. The maximum atomic E-state index is 5.40. The highest BCUT2D eigenvalue weighted by Crippen LogP contribution is 2.31. The molecule has 2 aliphatic rings. The fraction of sp³-hybridized carbons (Fsp3) is 0.200. The number of fused-ring (bicyclic) bond motifs is 2. The Kier molecular flexibility index (Phi) is 4.51. The van der Waals surface area contributed by atoms with Gasteiger partial charge in [-0.25, -0.2) is 9.56 Å². The summed E-state index contributed by atoms with van der Waals surface area (Å²) in [6, 6.07) is 12.5. The summed E-state index contributed by atoms with van der Waals surface area (Å²) >= 11 is 1.73. The predicted octanol–water partition coefficient (Wildman–Crippen LogP) is 2.51. The van der Waals surface area contributed by atoms with E-state index in [0.29, 0.717) is 13.1 Å². The van der Waals surface area contributed by atoms with E-state index in [1.807, 2.05) is 35.7 Å². The number of nitrogens with zero attached hydrogens (tertiary/aromatic N) is 3. The Hall–Kier alpha value is -2.82. The third-order valence-corrected chi connectivity index (χ3v) is 4.98. The van der Waals surface area contributed by atoms with E-state index in [0.717, 1.165) is 31.8 Å². The summed E-state index contributed by atoms with van der Waals surface area (Å²) < 4.78 is 3.19. The van der Waals surface area contributed by atoms with E-state index in [1.165, 1.54) is 0 Å². The fourth-order valence-electron chi connectivity index (χ4n) is 2.53. The van der Waals surface area contributed by atoms with Crippen LogP contribution >= 0.6 is 11.3 Å². The van der Waals surface area contributed by atoms with Crippen molar-refractivity contribution in [2.24, 2.45) is 0 Å². The van der Waals surface area contributed by atoms with Gasteiger partial charge >= 0.3 is 0 Å². The molecule has 0 unspecified atom stereocenters. The van der Waals surface area contributed by atoms with E-state index < -0.39 is 0 Å². The summed E-state index contributed by atoms with van der Waals surface area (Å²) in [5.41, 5.74) is 3.09. The molecule has 1 aliphatic heterocycles. The normalized spacial score (nSPS) is 11.8. The summed E-state index contributed by atoms with van der Waals surface area (Å²) in [6.45, 7) is 1.16. The molecule has 1 aliphatic carbocycles. The highest BCUT2D eigenvalue weighted by Gasteiger charge is 2.10. The molecule has 1 heterocycles. The average Bonchev–Trinajstić information content (AvgIpc) is 2.59. The molecule has 0 saturated carbocycles. The minimum atomic E-state index is 0.582. The number of rotatable bonds is 3. The summed E-state index contributed by atoms with van der Waals surface area (Å²) in [4.78, 5) is 7.95. The molecule has 0 fully saturated rings. The van der Waals surface area contributed by atoms with Gasteiger partial charge in [0.15, 0.2) is 0 Å². The van der Waals surface area contributed by atoms with Gasteiger partial charge in [-0.1, -0.05) is 5.92 Å². The number of hydrogen-bond acceptors (Lipinski definition) is 3. The topological polar surface area (TPSA) is 19.1 Å². The molecule has 1 aromatic carbocycles. The molecule has 1 aromatic rings. The van der Waals surface area contributed by atoms with E-state index in [1.54, 1.807) is 11.3 Å². The maximum Gasteiger partial charge on any atom is 0.203 e. The van der Waals surface area contributed by atoms with Crippen molar-refractivity contribution in [1.29, 1.82) is 0 Å². The SMILES string of the molecule is C#CCN(C)c1ccc2nc3ccc(=[N+](C)CC#C)cc-3sc2c1. The van der Waals surface area contributed by atoms with Crippen LogP contribution in [0.25, 0.3) is 20.8 Å². The quantitative estimate of drug-likeness (QED) is 0.417. The number of hydrogen-bond donors (Lipinski definition) is 0. The van der Waals surface area contributed by atoms with E-state index in [9.17, 15) is 0 Å². The highest BCUT2D eigenvalue weighted by atomic mass is 32.1. The van der Waals surface area contributed by atoms with Gasteiger partial charge in [0.1, 0.15) is 7.05 Å². The first kappa shape index (κ1) is 16.1. The third-order valence-electron chi connectivity index (χ3n) is 3.89. The van der Waals surface area contributed by atoms with Crippen LogP contribution in [0.2, 0.25) is 0 Å². The zero-order valence-electron chi connectivity index (χ0n) is 13.8. The minimum absolute atomic E-state index is 0.582. The Morgan fingerprint density at radius 3 is 2.75 bits per heavy atom. The van der Waals surface area contributed by atoms with E-state index in [4.69, 9.17) is 17.8 Å². The Balaban J connectivity index is 2.17. The summed E-state index contributed by atoms with van der Waals surface area (Å²) in [5.74, 6) is 5.34.